The third kappa shape index (κ3) is 14.6. The number of aliphatic hydroxyl groups excluding tert-OH is 3. The highest BCUT2D eigenvalue weighted by Gasteiger charge is 2.25. The molecule has 0 aliphatic carbocycles. The largest absolute Gasteiger partial charge is 0.481 e. The maximum atomic E-state index is 10.8. The summed E-state index contributed by atoms with van der Waals surface area (Å²) in [4.78, 5) is 21.0. The molecule has 0 saturated carbocycles. The van der Waals surface area contributed by atoms with Crippen molar-refractivity contribution in [3.05, 3.63) is 24.3 Å². The zero-order valence-corrected chi connectivity index (χ0v) is 14.9. The number of rotatable bonds is 8. The Labute approximate surface area is 156 Å². The molecule has 0 unspecified atom stereocenters. The van der Waals surface area contributed by atoms with E-state index in [0.29, 0.717) is 19.3 Å². The summed E-state index contributed by atoms with van der Waals surface area (Å²) >= 11 is 0. The fraction of sp³-hybridized carbons (Fsp3) is 0.684. The summed E-state index contributed by atoms with van der Waals surface area (Å²) in [5.41, 5.74) is 0. The van der Waals surface area contributed by atoms with Gasteiger partial charge in [-0.2, -0.15) is 0 Å². The highest BCUT2D eigenvalue weighted by atomic mass is 16.5. The molecule has 26 heavy (non-hydrogen) atoms. The fourth-order valence-corrected chi connectivity index (χ4v) is 2.28. The quantitative estimate of drug-likeness (QED) is 0.379. The number of esters is 1. The summed E-state index contributed by atoms with van der Waals surface area (Å²) in [5.74, 6) is -1.34. The predicted molar refractivity (Wildman–Crippen MR) is 99.6 cm³/mol. The highest BCUT2D eigenvalue weighted by Crippen LogP contribution is 2.17. The van der Waals surface area contributed by atoms with Gasteiger partial charge < -0.3 is 25.2 Å². The normalized spacial score (nSPS) is 22.1. The number of allylic oxidation sites excluding steroid dienone is 2. The van der Waals surface area contributed by atoms with Crippen molar-refractivity contribution in [1.82, 2.24) is 0 Å². The summed E-state index contributed by atoms with van der Waals surface area (Å²) in [6.45, 7) is 3.75. The molecule has 1 heterocycles. The van der Waals surface area contributed by atoms with Crippen LogP contribution >= 0.6 is 0 Å². The van der Waals surface area contributed by atoms with Gasteiger partial charge in [-0.15, -0.1) is 0 Å². The van der Waals surface area contributed by atoms with Crippen molar-refractivity contribution >= 4 is 11.9 Å². The molecular weight excluding hydrogens is 340 g/mol. The Kier molecular flexibility index (Phi) is 15.9. The van der Waals surface area contributed by atoms with Crippen LogP contribution in [0.5, 0.6) is 0 Å². The van der Waals surface area contributed by atoms with Crippen LogP contribution in [0.4, 0.5) is 0 Å². The van der Waals surface area contributed by atoms with E-state index in [-0.39, 0.29) is 38.8 Å². The summed E-state index contributed by atoms with van der Waals surface area (Å²) < 4.78 is 5.01. The lowest BCUT2D eigenvalue weighted by Crippen LogP contribution is -2.32. The molecule has 0 amide bonds. The van der Waals surface area contributed by atoms with Crippen LogP contribution in [-0.2, 0) is 14.3 Å². The molecule has 4 N–H and O–H groups in total. The van der Waals surface area contributed by atoms with Crippen molar-refractivity contribution in [3.8, 4) is 0 Å². The Balaban J connectivity index is 0. The second-order valence-electron chi connectivity index (χ2n) is 5.96. The van der Waals surface area contributed by atoms with Crippen LogP contribution in [0.3, 0.4) is 0 Å². The standard InChI is InChI=1S/C9H16O4.C9H14O3.CH4/c1-2-3-4-7(10)5-8(11)6-9(12)13;1-2-3-4-8-5-7(10)6-9(11)12-8;/h2-3,7-8,10-11H,4-6H2,1H3,(H,12,13);2-3,7-8,10H,4-6H2,1H3;1H4/t2*7-,8-;/m11./s1. The molecule has 1 fully saturated rings. The minimum Gasteiger partial charge on any atom is -0.481 e. The first-order valence-corrected chi connectivity index (χ1v) is 8.46. The van der Waals surface area contributed by atoms with Crippen molar-refractivity contribution in [2.45, 2.75) is 84.2 Å². The lowest BCUT2D eigenvalue weighted by Gasteiger charge is -2.24. The van der Waals surface area contributed by atoms with E-state index in [1.165, 1.54) is 0 Å². The van der Waals surface area contributed by atoms with Crippen LogP contribution in [0.1, 0.15) is 59.8 Å². The van der Waals surface area contributed by atoms with Gasteiger partial charge in [-0.3, -0.25) is 9.59 Å². The van der Waals surface area contributed by atoms with Crippen LogP contribution in [-0.4, -0.2) is 56.8 Å². The lowest BCUT2D eigenvalue weighted by molar-refractivity contribution is -0.159. The maximum absolute atomic E-state index is 10.8. The Bertz CT molecular complexity index is 445. The molecule has 0 spiro atoms. The monoisotopic (exact) mass is 374 g/mol. The second-order valence-corrected chi connectivity index (χ2v) is 5.96. The number of hydrogen-bond donors (Lipinski definition) is 4. The Hall–Kier alpha value is -1.70. The first-order chi connectivity index (χ1) is 11.8. The minimum absolute atomic E-state index is 0. The molecule has 7 heteroatoms. The number of carboxylic acids is 1. The molecule has 4 atom stereocenters. The molecule has 1 saturated heterocycles. The molecule has 0 aromatic carbocycles. The van der Waals surface area contributed by atoms with Crippen LogP contribution in [0, 0.1) is 0 Å². The van der Waals surface area contributed by atoms with Gasteiger partial charge in [0.2, 0.25) is 0 Å². The smallest absolute Gasteiger partial charge is 0.308 e. The Morgan fingerprint density at radius 2 is 1.85 bits per heavy atom. The van der Waals surface area contributed by atoms with Gasteiger partial charge in [0.15, 0.2) is 0 Å². The number of carboxylic acid groups (broad SMARTS) is 1. The number of aliphatic carboxylic acids is 1. The second kappa shape index (κ2) is 15.5. The summed E-state index contributed by atoms with van der Waals surface area (Å²) in [5, 5.41) is 35.9. The Morgan fingerprint density at radius 1 is 1.23 bits per heavy atom. The first kappa shape index (κ1) is 26.5. The van der Waals surface area contributed by atoms with E-state index >= 15 is 0 Å². The predicted octanol–water partition coefficient (Wildman–Crippen LogP) is 2.19. The number of carbonyl (C=O) groups excluding carboxylic acids is 1. The van der Waals surface area contributed by atoms with E-state index in [1.807, 2.05) is 26.0 Å². The van der Waals surface area contributed by atoms with Crippen molar-refractivity contribution < 1.29 is 34.8 Å². The molecule has 7 nitrogen and oxygen atoms in total. The van der Waals surface area contributed by atoms with Crippen LogP contribution < -0.4 is 0 Å². The van der Waals surface area contributed by atoms with Crippen LogP contribution in [0.25, 0.3) is 0 Å². The molecule has 0 aromatic rings. The van der Waals surface area contributed by atoms with Gasteiger partial charge in [-0.25, -0.2) is 0 Å². The molecule has 152 valence electrons. The van der Waals surface area contributed by atoms with Crippen LogP contribution in [0.2, 0.25) is 0 Å². The third-order valence-electron chi connectivity index (χ3n) is 3.47. The summed E-state index contributed by atoms with van der Waals surface area (Å²) in [6, 6.07) is 0. The fourth-order valence-electron chi connectivity index (χ4n) is 2.28. The van der Waals surface area contributed by atoms with E-state index in [2.05, 4.69) is 0 Å². The van der Waals surface area contributed by atoms with E-state index in [0.717, 1.165) is 0 Å². The molecule has 1 rings (SSSR count). The zero-order valence-electron chi connectivity index (χ0n) is 14.9. The molecule has 0 radical (unpaired) electrons. The average Bonchev–Trinajstić information content (AvgIpc) is 2.49. The summed E-state index contributed by atoms with van der Waals surface area (Å²) in [7, 11) is 0. The van der Waals surface area contributed by atoms with E-state index in [4.69, 9.17) is 14.9 Å². The van der Waals surface area contributed by atoms with Crippen LogP contribution in [0.15, 0.2) is 24.3 Å². The number of cyclic esters (lactones) is 1. The van der Waals surface area contributed by atoms with Gasteiger partial charge in [0, 0.05) is 19.3 Å². The van der Waals surface area contributed by atoms with E-state index < -0.39 is 24.3 Å². The minimum atomic E-state index is -1.05. The number of ether oxygens (including phenoxy) is 1. The topological polar surface area (TPSA) is 124 Å². The van der Waals surface area contributed by atoms with Crippen molar-refractivity contribution in [3.63, 3.8) is 0 Å². The average molecular weight is 374 g/mol. The third-order valence-corrected chi connectivity index (χ3v) is 3.47. The van der Waals surface area contributed by atoms with Gasteiger partial charge >= 0.3 is 11.9 Å². The van der Waals surface area contributed by atoms with Gasteiger partial charge in [0.05, 0.1) is 31.2 Å². The van der Waals surface area contributed by atoms with Crippen molar-refractivity contribution in [1.29, 1.82) is 0 Å². The number of aliphatic hydroxyl groups is 3. The maximum Gasteiger partial charge on any atom is 0.308 e. The molecule has 0 bridgehead atoms. The molecule has 0 aromatic heterocycles. The Morgan fingerprint density at radius 3 is 2.35 bits per heavy atom. The van der Waals surface area contributed by atoms with E-state index in [9.17, 15) is 19.8 Å². The lowest BCUT2D eigenvalue weighted by atomic mass is 10.0. The van der Waals surface area contributed by atoms with E-state index in [1.54, 1.807) is 12.2 Å². The molecular formula is C19H34O7. The van der Waals surface area contributed by atoms with Crippen molar-refractivity contribution in [2.75, 3.05) is 0 Å². The first-order valence-electron chi connectivity index (χ1n) is 8.46. The molecule has 1 aliphatic rings. The molecule has 1 aliphatic heterocycles. The summed E-state index contributed by atoms with van der Waals surface area (Å²) in [6.07, 6.45) is 6.83. The van der Waals surface area contributed by atoms with Gasteiger partial charge in [0.1, 0.15) is 6.10 Å². The SMILES string of the molecule is C.CC=CC[C@@H](O)C[C@@H](O)CC(=O)O.CC=CC[C@@H]1C[C@@H](O)CC(=O)O1. The highest BCUT2D eigenvalue weighted by molar-refractivity contribution is 5.71. The van der Waals surface area contributed by atoms with Gasteiger partial charge in [-0.05, 0) is 20.3 Å². The van der Waals surface area contributed by atoms with Gasteiger partial charge in [0.25, 0.3) is 0 Å². The van der Waals surface area contributed by atoms with Crippen molar-refractivity contribution in [2.24, 2.45) is 0 Å². The zero-order chi connectivity index (χ0) is 19.2. The number of hydrogen-bond acceptors (Lipinski definition) is 6. The van der Waals surface area contributed by atoms with Gasteiger partial charge in [-0.1, -0.05) is 31.7 Å². The number of carbonyl (C=O) groups is 2.